The van der Waals surface area contributed by atoms with E-state index < -0.39 is 0 Å². The molecule has 0 spiro atoms. The van der Waals surface area contributed by atoms with Crippen LogP contribution in [0.1, 0.15) is 17.0 Å². The Labute approximate surface area is 203 Å². The van der Waals surface area contributed by atoms with Crippen LogP contribution in [0.25, 0.3) is 28.3 Å². The number of hydrogen-bond donors (Lipinski definition) is 0. The van der Waals surface area contributed by atoms with E-state index in [1.807, 2.05) is 0 Å². The van der Waals surface area contributed by atoms with E-state index in [2.05, 4.69) is 133 Å². The Morgan fingerprint density at radius 1 is 0.767 bits per heavy atom. The van der Waals surface area contributed by atoms with E-state index >= 15 is 0 Å². The van der Waals surface area contributed by atoms with E-state index in [1.54, 1.807) is 0 Å². The van der Waals surface area contributed by atoms with E-state index in [-0.39, 0.29) is 17.0 Å². The molecule has 1 aliphatic heterocycles. The molecule has 0 N–H and O–H groups in total. The van der Waals surface area contributed by atoms with E-state index in [4.69, 9.17) is 0 Å². The lowest BCUT2D eigenvalue weighted by atomic mass is 9.99. The number of halogens is 3. The van der Waals surface area contributed by atoms with E-state index in [1.165, 1.54) is 39.1 Å². The molecule has 2 heterocycles. The monoisotopic (exact) mass is 584 g/mol. The van der Waals surface area contributed by atoms with Crippen molar-refractivity contribution in [3.8, 4) is 0 Å². The maximum Gasteiger partial charge on any atom is 0.283 e. The number of rotatable bonds is 2. The van der Waals surface area contributed by atoms with Gasteiger partial charge in [-0.3, -0.25) is 0 Å². The first kappa shape index (κ1) is 21.3. The van der Waals surface area contributed by atoms with Gasteiger partial charge in [0.1, 0.15) is 6.54 Å². The zero-order chi connectivity index (χ0) is 20.0. The predicted molar refractivity (Wildman–Crippen MR) is 127 cm³/mol. The molecular formula is C25H19Br3N2. The van der Waals surface area contributed by atoms with Gasteiger partial charge in [-0.2, -0.15) is 0 Å². The molecule has 5 rings (SSSR count). The fourth-order valence-corrected chi connectivity index (χ4v) is 4.51. The minimum absolute atomic E-state index is 0. The lowest BCUT2D eigenvalue weighted by Crippen LogP contribution is -3.00. The highest BCUT2D eigenvalue weighted by atomic mass is 79.9. The van der Waals surface area contributed by atoms with Crippen molar-refractivity contribution in [2.75, 3.05) is 0 Å². The molecule has 0 saturated carbocycles. The van der Waals surface area contributed by atoms with Crippen molar-refractivity contribution in [3.05, 3.63) is 105 Å². The Hall–Kier alpha value is -1.95. The molecule has 0 aliphatic carbocycles. The maximum absolute atomic E-state index is 3.56. The largest absolute Gasteiger partial charge is 1.00 e. The fourth-order valence-electron chi connectivity index (χ4n) is 3.98. The summed E-state index contributed by atoms with van der Waals surface area (Å²) in [6.45, 7) is 0.828. The van der Waals surface area contributed by atoms with Crippen LogP contribution in [-0.2, 0) is 13.6 Å². The molecule has 3 aromatic carbocycles. The smallest absolute Gasteiger partial charge is 0.283 e. The molecular weight excluding hydrogens is 568 g/mol. The molecule has 30 heavy (non-hydrogen) atoms. The number of imidazole rings is 1. The highest BCUT2D eigenvalue weighted by Gasteiger charge is 2.25. The molecule has 0 saturated heterocycles. The summed E-state index contributed by atoms with van der Waals surface area (Å²) >= 11 is 7.11. The zero-order valence-corrected chi connectivity index (χ0v) is 21.1. The Bertz CT molecular complexity index is 1280. The van der Waals surface area contributed by atoms with Gasteiger partial charge in [-0.15, -0.1) is 0 Å². The third kappa shape index (κ3) is 3.86. The normalized spacial score (nSPS) is 13.2. The summed E-state index contributed by atoms with van der Waals surface area (Å²) in [5.74, 6) is 1.20. The Kier molecular flexibility index (Phi) is 6.14. The number of para-hydroxylation sites is 2. The summed E-state index contributed by atoms with van der Waals surface area (Å²) in [7, 11) is 2.15. The van der Waals surface area contributed by atoms with Crippen molar-refractivity contribution in [1.29, 1.82) is 0 Å². The standard InChI is InChI=1S/C25H19Br2N2.BrH/c1-28-23-4-2-3-5-24(23)29-16-20(18-8-12-22(27)13-9-18)14-19(15-25(28)29)17-6-10-21(26)11-7-17;/h2-15H,16H2,1H3;1H/q+1;/p-1. The molecule has 0 radical (unpaired) electrons. The summed E-state index contributed by atoms with van der Waals surface area (Å²) in [6, 6.07) is 25.7. The maximum atomic E-state index is 3.56. The van der Waals surface area contributed by atoms with Gasteiger partial charge in [0.2, 0.25) is 0 Å². The predicted octanol–water partition coefficient (Wildman–Crippen LogP) is 3.63. The van der Waals surface area contributed by atoms with Crippen molar-refractivity contribution in [1.82, 2.24) is 4.57 Å². The lowest BCUT2D eigenvalue weighted by Gasteiger charge is -2.07. The Morgan fingerprint density at radius 3 is 2.03 bits per heavy atom. The third-order valence-corrected chi connectivity index (χ3v) is 6.55. The van der Waals surface area contributed by atoms with Gasteiger partial charge in [0.05, 0.1) is 7.05 Å². The first-order valence-corrected chi connectivity index (χ1v) is 11.1. The van der Waals surface area contributed by atoms with Crippen LogP contribution in [0.5, 0.6) is 0 Å². The molecule has 5 heteroatoms. The second-order valence-corrected chi connectivity index (χ2v) is 9.11. The molecule has 0 unspecified atom stereocenters. The topological polar surface area (TPSA) is 8.81 Å². The van der Waals surface area contributed by atoms with Gasteiger partial charge in [-0.25, -0.2) is 9.13 Å². The highest BCUT2D eigenvalue weighted by molar-refractivity contribution is 9.10. The van der Waals surface area contributed by atoms with Gasteiger partial charge in [0, 0.05) is 20.6 Å². The lowest BCUT2D eigenvalue weighted by molar-refractivity contribution is -0.647. The molecule has 0 fully saturated rings. The quantitative estimate of drug-likeness (QED) is 0.317. The summed E-state index contributed by atoms with van der Waals surface area (Å²) in [6.07, 6.45) is 4.63. The molecule has 2 nitrogen and oxygen atoms in total. The third-order valence-electron chi connectivity index (χ3n) is 5.49. The van der Waals surface area contributed by atoms with Gasteiger partial charge < -0.3 is 17.0 Å². The zero-order valence-electron chi connectivity index (χ0n) is 16.3. The fraction of sp³-hybridized carbons (Fsp3) is 0.0800. The van der Waals surface area contributed by atoms with Crippen molar-refractivity contribution in [2.45, 2.75) is 6.54 Å². The van der Waals surface area contributed by atoms with E-state index in [9.17, 15) is 0 Å². The second-order valence-electron chi connectivity index (χ2n) is 7.28. The van der Waals surface area contributed by atoms with Gasteiger partial charge in [-0.05, 0) is 59.2 Å². The molecule has 0 bridgehead atoms. The van der Waals surface area contributed by atoms with Crippen LogP contribution in [-0.4, -0.2) is 4.57 Å². The minimum atomic E-state index is 0. The number of allylic oxidation sites excluding steroid dienone is 3. The molecule has 0 amide bonds. The summed E-state index contributed by atoms with van der Waals surface area (Å²) in [5.41, 5.74) is 7.46. The van der Waals surface area contributed by atoms with Crippen LogP contribution in [0.15, 0.2) is 87.8 Å². The highest BCUT2D eigenvalue weighted by Crippen LogP contribution is 2.32. The van der Waals surface area contributed by atoms with Crippen LogP contribution < -0.4 is 21.5 Å². The SMILES string of the molecule is C[n+]1c2n(c3ccccc31)CC(c1ccc(Br)cc1)=CC(c1ccc(Br)cc1)=C2.[Br-]. The number of aryl methyl sites for hydroxylation is 1. The first-order valence-electron chi connectivity index (χ1n) is 9.51. The van der Waals surface area contributed by atoms with E-state index in [0.717, 1.165) is 15.5 Å². The van der Waals surface area contributed by atoms with Crippen molar-refractivity contribution >= 4 is 60.1 Å². The number of benzene rings is 3. The summed E-state index contributed by atoms with van der Waals surface area (Å²) in [5, 5.41) is 0. The van der Waals surface area contributed by atoms with Crippen molar-refractivity contribution < 1.29 is 21.5 Å². The van der Waals surface area contributed by atoms with Crippen molar-refractivity contribution in [3.63, 3.8) is 0 Å². The van der Waals surface area contributed by atoms with Gasteiger partial charge in [0.25, 0.3) is 5.82 Å². The second kappa shape index (κ2) is 8.66. The molecule has 150 valence electrons. The molecule has 4 aromatic rings. The first-order chi connectivity index (χ1) is 14.1. The molecule has 1 aliphatic rings. The average Bonchev–Trinajstić information content (AvgIpc) is 2.89. The average molecular weight is 587 g/mol. The van der Waals surface area contributed by atoms with Crippen LogP contribution in [0.2, 0.25) is 0 Å². The molecule has 0 atom stereocenters. The van der Waals surface area contributed by atoms with Crippen LogP contribution in [0.3, 0.4) is 0 Å². The van der Waals surface area contributed by atoms with Crippen LogP contribution >= 0.6 is 31.9 Å². The van der Waals surface area contributed by atoms with Gasteiger partial charge >= 0.3 is 0 Å². The van der Waals surface area contributed by atoms with Crippen LogP contribution in [0.4, 0.5) is 0 Å². The summed E-state index contributed by atoms with van der Waals surface area (Å²) in [4.78, 5) is 0. The number of fused-ring (bicyclic) bond motifs is 3. The number of nitrogens with zero attached hydrogens (tertiary/aromatic N) is 2. The summed E-state index contributed by atoms with van der Waals surface area (Å²) < 4.78 is 6.88. The van der Waals surface area contributed by atoms with Crippen molar-refractivity contribution in [2.24, 2.45) is 7.05 Å². The Morgan fingerprint density at radius 2 is 1.37 bits per heavy atom. The van der Waals surface area contributed by atoms with Gasteiger partial charge in [-0.1, -0.05) is 68.3 Å². The number of hydrogen-bond acceptors (Lipinski definition) is 0. The Balaban J connectivity index is 0.00000218. The number of aromatic nitrogens is 2. The van der Waals surface area contributed by atoms with Crippen LogP contribution in [0, 0.1) is 0 Å². The minimum Gasteiger partial charge on any atom is -1.00 e. The molecule has 1 aromatic heterocycles. The van der Waals surface area contributed by atoms with E-state index in [0.29, 0.717) is 0 Å². The van der Waals surface area contributed by atoms with Gasteiger partial charge in [0.15, 0.2) is 11.0 Å².